The maximum Gasteiger partial charge on any atom is 0.292 e. The number of rotatable bonds is 7. The Kier molecular flexibility index (Phi) is 6.30. The molecule has 1 aromatic carbocycles. The summed E-state index contributed by atoms with van der Waals surface area (Å²) in [5.41, 5.74) is 0.0667. The van der Waals surface area contributed by atoms with Gasteiger partial charge in [0, 0.05) is 25.6 Å². The summed E-state index contributed by atoms with van der Waals surface area (Å²) in [7, 11) is 0. The summed E-state index contributed by atoms with van der Waals surface area (Å²) in [4.78, 5) is 22.1. The second-order valence-corrected chi connectivity index (χ2v) is 6.14. The van der Waals surface area contributed by atoms with Gasteiger partial charge in [-0.25, -0.2) is 0 Å². The van der Waals surface area contributed by atoms with Crippen LogP contribution in [0.5, 0.6) is 0 Å². The minimum atomic E-state index is -0.625. The fourth-order valence-electron chi connectivity index (χ4n) is 1.70. The number of para-hydroxylation sites is 2. The van der Waals surface area contributed by atoms with Crippen molar-refractivity contribution in [3.05, 3.63) is 34.4 Å². The van der Waals surface area contributed by atoms with E-state index in [-0.39, 0.29) is 36.5 Å². The Morgan fingerprint density at radius 3 is 2.59 bits per heavy atom. The summed E-state index contributed by atoms with van der Waals surface area (Å²) in [5, 5.41) is 26.2. The van der Waals surface area contributed by atoms with Crippen molar-refractivity contribution >= 4 is 17.3 Å². The number of hydrogen-bond donors (Lipinski definition) is 3. The summed E-state index contributed by atoms with van der Waals surface area (Å²) in [5.74, 6) is -0.214. The molecule has 0 aliphatic carbocycles. The molecule has 1 unspecified atom stereocenters. The highest BCUT2D eigenvalue weighted by Gasteiger charge is 2.22. The van der Waals surface area contributed by atoms with Gasteiger partial charge in [0.25, 0.3) is 5.69 Å². The van der Waals surface area contributed by atoms with Gasteiger partial charge in [0.15, 0.2) is 0 Å². The summed E-state index contributed by atoms with van der Waals surface area (Å²) >= 11 is 0. The third kappa shape index (κ3) is 5.69. The molecule has 0 radical (unpaired) electrons. The first-order valence-corrected chi connectivity index (χ1v) is 7.14. The van der Waals surface area contributed by atoms with E-state index in [0.29, 0.717) is 5.69 Å². The molecule has 122 valence electrons. The minimum absolute atomic E-state index is 0.0222. The molecule has 0 saturated heterocycles. The van der Waals surface area contributed by atoms with E-state index in [1.807, 2.05) is 20.8 Å². The number of nitro groups is 1. The lowest BCUT2D eigenvalue weighted by Gasteiger charge is -2.25. The first kappa shape index (κ1) is 17.9. The van der Waals surface area contributed by atoms with Crippen LogP contribution in [0.25, 0.3) is 0 Å². The maximum atomic E-state index is 11.7. The number of aliphatic hydroxyl groups is 1. The maximum absolute atomic E-state index is 11.7. The summed E-state index contributed by atoms with van der Waals surface area (Å²) in [6, 6.07) is 6.28. The predicted octanol–water partition coefficient (Wildman–Crippen LogP) is 1.92. The number of aliphatic hydroxyl groups excluding tert-OH is 1. The Bertz CT molecular complexity index is 526. The van der Waals surface area contributed by atoms with Crippen molar-refractivity contribution in [2.45, 2.75) is 33.3 Å². The third-order valence-corrected chi connectivity index (χ3v) is 3.26. The quantitative estimate of drug-likeness (QED) is 0.527. The Morgan fingerprint density at radius 2 is 2.00 bits per heavy atom. The van der Waals surface area contributed by atoms with Gasteiger partial charge in [-0.3, -0.25) is 14.9 Å². The number of anilines is 1. The van der Waals surface area contributed by atoms with Gasteiger partial charge in [0.1, 0.15) is 5.69 Å². The number of nitrogens with zero attached hydrogens (tertiary/aromatic N) is 1. The smallest absolute Gasteiger partial charge is 0.292 e. The van der Waals surface area contributed by atoms with E-state index in [9.17, 15) is 20.0 Å². The standard InChI is InChI=1S/C15H23N3O4/c1-15(2,3)13(19)10-17-14(20)8-9-16-11-6-4-5-7-12(11)18(21)22/h4-7,13,16,19H,8-10H2,1-3H3,(H,17,20). The molecule has 0 aromatic heterocycles. The van der Waals surface area contributed by atoms with E-state index in [0.717, 1.165) is 0 Å². The molecule has 1 amide bonds. The topological polar surface area (TPSA) is 104 Å². The van der Waals surface area contributed by atoms with Gasteiger partial charge in [-0.2, -0.15) is 0 Å². The molecule has 1 aromatic rings. The highest BCUT2D eigenvalue weighted by molar-refractivity contribution is 5.76. The van der Waals surface area contributed by atoms with Gasteiger partial charge >= 0.3 is 0 Å². The van der Waals surface area contributed by atoms with Crippen LogP contribution in [0, 0.1) is 15.5 Å². The Labute approximate surface area is 129 Å². The molecular weight excluding hydrogens is 286 g/mol. The average molecular weight is 309 g/mol. The van der Waals surface area contributed by atoms with Gasteiger partial charge < -0.3 is 15.7 Å². The van der Waals surface area contributed by atoms with Gasteiger partial charge in [0.05, 0.1) is 11.0 Å². The van der Waals surface area contributed by atoms with Crippen molar-refractivity contribution in [3.63, 3.8) is 0 Å². The molecular formula is C15H23N3O4. The summed E-state index contributed by atoms with van der Waals surface area (Å²) < 4.78 is 0. The van der Waals surface area contributed by atoms with E-state index in [4.69, 9.17) is 0 Å². The van der Waals surface area contributed by atoms with Crippen LogP contribution in [0.4, 0.5) is 11.4 Å². The van der Waals surface area contributed by atoms with Crippen molar-refractivity contribution < 1.29 is 14.8 Å². The fourth-order valence-corrected chi connectivity index (χ4v) is 1.70. The van der Waals surface area contributed by atoms with Crippen LogP contribution >= 0.6 is 0 Å². The van der Waals surface area contributed by atoms with Crippen molar-refractivity contribution in [1.29, 1.82) is 0 Å². The van der Waals surface area contributed by atoms with Crippen molar-refractivity contribution in [1.82, 2.24) is 5.32 Å². The van der Waals surface area contributed by atoms with Gasteiger partial charge in [-0.1, -0.05) is 32.9 Å². The molecule has 0 aliphatic rings. The van der Waals surface area contributed by atoms with Crippen LogP contribution in [0.3, 0.4) is 0 Å². The Morgan fingerprint density at radius 1 is 1.36 bits per heavy atom. The molecule has 1 rings (SSSR count). The molecule has 7 nitrogen and oxygen atoms in total. The van der Waals surface area contributed by atoms with Crippen molar-refractivity contribution in [2.24, 2.45) is 5.41 Å². The van der Waals surface area contributed by atoms with Crippen LogP contribution in [0.15, 0.2) is 24.3 Å². The monoisotopic (exact) mass is 309 g/mol. The molecule has 7 heteroatoms. The number of nitrogens with one attached hydrogen (secondary N) is 2. The number of hydrogen-bond acceptors (Lipinski definition) is 5. The predicted molar refractivity (Wildman–Crippen MR) is 84.7 cm³/mol. The second-order valence-electron chi connectivity index (χ2n) is 6.14. The van der Waals surface area contributed by atoms with Crippen molar-refractivity contribution in [2.75, 3.05) is 18.4 Å². The molecule has 0 aliphatic heterocycles. The highest BCUT2D eigenvalue weighted by atomic mass is 16.6. The SMILES string of the molecule is CC(C)(C)C(O)CNC(=O)CCNc1ccccc1[N+](=O)[O-]. The second kappa shape index (κ2) is 7.74. The van der Waals surface area contributed by atoms with Crippen LogP contribution < -0.4 is 10.6 Å². The molecule has 3 N–H and O–H groups in total. The van der Waals surface area contributed by atoms with Crippen LogP contribution in [0.2, 0.25) is 0 Å². The average Bonchev–Trinajstić information content (AvgIpc) is 2.44. The number of amides is 1. The van der Waals surface area contributed by atoms with E-state index >= 15 is 0 Å². The van der Waals surface area contributed by atoms with Crippen LogP contribution in [-0.4, -0.2) is 35.1 Å². The lowest BCUT2D eigenvalue weighted by molar-refractivity contribution is -0.384. The number of carbonyl (C=O) groups excluding carboxylic acids is 1. The fraction of sp³-hybridized carbons (Fsp3) is 0.533. The Hall–Kier alpha value is -2.15. The zero-order chi connectivity index (χ0) is 16.8. The van der Waals surface area contributed by atoms with Gasteiger partial charge in [0.2, 0.25) is 5.91 Å². The molecule has 0 fully saturated rings. The van der Waals surface area contributed by atoms with Gasteiger partial charge in [-0.05, 0) is 11.5 Å². The zero-order valence-corrected chi connectivity index (χ0v) is 13.1. The number of benzene rings is 1. The molecule has 0 saturated carbocycles. The summed E-state index contributed by atoms with van der Waals surface area (Å²) in [6.07, 6.45) is -0.456. The highest BCUT2D eigenvalue weighted by Crippen LogP contribution is 2.22. The first-order valence-electron chi connectivity index (χ1n) is 7.14. The van der Waals surface area contributed by atoms with E-state index in [1.54, 1.807) is 18.2 Å². The van der Waals surface area contributed by atoms with Crippen molar-refractivity contribution in [3.8, 4) is 0 Å². The lowest BCUT2D eigenvalue weighted by atomic mass is 9.89. The zero-order valence-electron chi connectivity index (χ0n) is 13.1. The van der Waals surface area contributed by atoms with E-state index in [1.165, 1.54) is 6.07 Å². The minimum Gasteiger partial charge on any atom is -0.391 e. The Balaban J connectivity index is 2.39. The van der Waals surface area contributed by atoms with E-state index < -0.39 is 11.0 Å². The number of nitro benzene ring substituents is 1. The lowest BCUT2D eigenvalue weighted by Crippen LogP contribution is -2.39. The molecule has 0 heterocycles. The molecule has 0 bridgehead atoms. The normalized spacial score (nSPS) is 12.5. The molecule has 0 spiro atoms. The molecule has 22 heavy (non-hydrogen) atoms. The van der Waals surface area contributed by atoms with Gasteiger partial charge in [-0.15, -0.1) is 0 Å². The molecule has 1 atom stereocenters. The first-order chi connectivity index (χ1) is 10.2. The summed E-state index contributed by atoms with van der Waals surface area (Å²) in [6.45, 7) is 6.13. The van der Waals surface area contributed by atoms with Crippen LogP contribution in [0.1, 0.15) is 27.2 Å². The number of carbonyl (C=O) groups is 1. The van der Waals surface area contributed by atoms with Crippen LogP contribution in [-0.2, 0) is 4.79 Å². The van der Waals surface area contributed by atoms with E-state index in [2.05, 4.69) is 10.6 Å². The third-order valence-electron chi connectivity index (χ3n) is 3.26. The largest absolute Gasteiger partial charge is 0.391 e.